The van der Waals surface area contributed by atoms with Crippen molar-refractivity contribution in [2.75, 3.05) is 20.6 Å². The van der Waals surface area contributed by atoms with E-state index < -0.39 is 17.5 Å². The number of nitrogens with zero attached hydrogens (tertiary/aromatic N) is 1. The third-order valence-corrected chi connectivity index (χ3v) is 5.83. The van der Waals surface area contributed by atoms with E-state index >= 15 is 0 Å². The minimum absolute atomic E-state index is 0.0806. The van der Waals surface area contributed by atoms with Gasteiger partial charge in [-0.25, -0.2) is 9.59 Å². The van der Waals surface area contributed by atoms with Crippen LogP contribution in [0, 0.1) is 0 Å². The Balaban J connectivity index is 0.000000501. The summed E-state index contributed by atoms with van der Waals surface area (Å²) < 4.78 is 0. The fourth-order valence-corrected chi connectivity index (χ4v) is 4.42. The molecular weight excluding hydrogens is 418 g/mol. The number of aliphatic carboxylic acids is 2. The summed E-state index contributed by atoms with van der Waals surface area (Å²) in [6, 6.07) is 16.5. The van der Waals surface area contributed by atoms with Crippen molar-refractivity contribution in [1.29, 1.82) is 0 Å². The van der Waals surface area contributed by atoms with Crippen LogP contribution in [0.2, 0.25) is 5.02 Å². The molecular formula is C24H30ClNO5. The molecule has 3 rings (SSSR count). The molecule has 1 aliphatic carbocycles. The Kier molecular flexibility index (Phi) is 9.04. The molecule has 0 aromatic heterocycles. The van der Waals surface area contributed by atoms with Crippen LogP contribution in [0.15, 0.2) is 48.5 Å². The number of fused-ring (bicyclic) bond motifs is 1. The third kappa shape index (κ3) is 6.79. The predicted octanol–water partition coefficient (Wildman–Crippen LogP) is 4.15. The highest BCUT2D eigenvalue weighted by Gasteiger charge is 2.41. The number of carbonyl (C=O) groups is 2. The molecule has 1 aliphatic rings. The van der Waals surface area contributed by atoms with Crippen molar-refractivity contribution in [2.24, 2.45) is 0 Å². The molecule has 0 spiro atoms. The van der Waals surface area contributed by atoms with Crippen LogP contribution in [0.4, 0.5) is 0 Å². The number of hydrogen-bond acceptors (Lipinski definition) is 4. The van der Waals surface area contributed by atoms with Crippen molar-refractivity contribution in [3.8, 4) is 0 Å². The van der Waals surface area contributed by atoms with Crippen LogP contribution in [0.5, 0.6) is 0 Å². The van der Waals surface area contributed by atoms with Crippen LogP contribution in [0.3, 0.4) is 0 Å². The zero-order chi connectivity index (χ0) is 23.0. The average Bonchev–Trinajstić information content (AvgIpc) is 2.85. The van der Waals surface area contributed by atoms with Crippen LogP contribution < -0.4 is 0 Å². The molecule has 2 aromatic carbocycles. The first-order chi connectivity index (χ1) is 14.6. The van der Waals surface area contributed by atoms with Crippen LogP contribution in [-0.4, -0.2) is 52.8 Å². The lowest BCUT2D eigenvalue weighted by Crippen LogP contribution is -2.34. The molecule has 0 saturated carbocycles. The number of carboxylic acid groups (broad SMARTS) is 2. The SMILES string of the molecule is CN(C)CCC[C@]1(O)c2ccccc2CCC[C@@H]1c1cccc(Cl)c1.O=C(O)C(=O)O. The standard InChI is InChI=1S/C22H28ClNO.C2H2O4/c1-24(2)15-7-14-22(25)20-12-4-3-8-17(20)9-6-13-21(22)18-10-5-11-19(23)16-18;3-1(4)2(5)6/h3-5,8,10-12,16,21,25H,6-7,9,13-15H2,1-2H3;(H,3,4)(H,5,6)/t21-,22+;/m1./s1. The monoisotopic (exact) mass is 447 g/mol. The van der Waals surface area contributed by atoms with Crippen molar-refractivity contribution in [3.63, 3.8) is 0 Å². The van der Waals surface area contributed by atoms with E-state index in [2.05, 4.69) is 49.3 Å². The van der Waals surface area contributed by atoms with E-state index in [1.165, 1.54) is 5.56 Å². The fourth-order valence-electron chi connectivity index (χ4n) is 4.22. The number of benzene rings is 2. The molecule has 0 bridgehead atoms. The minimum Gasteiger partial charge on any atom is -0.473 e. The smallest absolute Gasteiger partial charge is 0.414 e. The fraction of sp³-hybridized carbons (Fsp3) is 0.417. The van der Waals surface area contributed by atoms with Gasteiger partial charge in [-0.1, -0.05) is 48.0 Å². The Bertz CT molecular complexity index is 889. The molecule has 0 amide bonds. The molecule has 168 valence electrons. The lowest BCUT2D eigenvalue weighted by Gasteiger charge is -2.37. The summed E-state index contributed by atoms with van der Waals surface area (Å²) in [4.78, 5) is 20.4. The molecule has 2 aromatic rings. The Morgan fingerprint density at radius 1 is 1.10 bits per heavy atom. The highest BCUT2D eigenvalue weighted by Crippen LogP contribution is 2.47. The highest BCUT2D eigenvalue weighted by atomic mass is 35.5. The molecule has 0 fully saturated rings. The quantitative estimate of drug-likeness (QED) is 0.470. The summed E-state index contributed by atoms with van der Waals surface area (Å²) in [6.07, 6.45) is 4.83. The first-order valence-corrected chi connectivity index (χ1v) is 10.7. The van der Waals surface area contributed by atoms with E-state index in [0.717, 1.165) is 54.8 Å². The molecule has 0 saturated heterocycles. The maximum absolute atomic E-state index is 12.0. The third-order valence-electron chi connectivity index (χ3n) is 5.60. The summed E-state index contributed by atoms with van der Waals surface area (Å²) in [5, 5.41) is 27.5. The van der Waals surface area contributed by atoms with Crippen LogP contribution in [0.25, 0.3) is 0 Å². The second kappa shape index (κ2) is 11.3. The van der Waals surface area contributed by atoms with E-state index in [-0.39, 0.29) is 5.92 Å². The second-order valence-corrected chi connectivity index (χ2v) is 8.53. The van der Waals surface area contributed by atoms with E-state index in [4.69, 9.17) is 31.4 Å². The summed E-state index contributed by atoms with van der Waals surface area (Å²) in [6.45, 7) is 0.979. The Hall–Kier alpha value is -2.41. The van der Waals surface area contributed by atoms with Crippen LogP contribution in [0.1, 0.15) is 48.3 Å². The molecule has 31 heavy (non-hydrogen) atoms. The van der Waals surface area contributed by atoms with Gasteiger partial charge < -0.3 is 20.2 Å². The van der Waals surface area contributed by atoms with E-state index in [9.17, 15) is 5.11 Å². The van der Waals surface area contributed by atoms with Crippen molar-refractivity contribution < 1.29 is 24.9 Å². The van der Waals surface area contributed by atoms with Gasteiger partial charge in [-0.05, 0) is 81.6 Å². The Morgan fingerprint density at radius 3 is 2.39 bits per heavy atom. The molecule has 3 N–H and O–H groups in total. The topological polar surface area (TPSA) is 98.1 Å². The molecule has 6 nitrogen and oxygen atoms in total. The van der Waals surface area contributed by atoms with Crippen LogP contribution >= 0.6 is 11.6 Å². The largest absolute Gasteiger partial charge is 0.473 e. The van der Waals surface area contributed by atoms with Gasteiger partial charge in [0.15, 0.2) is 0 Å². The van der Waals surface area contributed by atoms with E-state index in [0.29, 0.717) is 0 Å². The lowest BCUT2D eigenvalue weighted by atomic mass is 9.73. The summed E-state index contributed by atoms with van der Waals surface area (Å²) in [5.74, 6) is -3.57. The number of carboxylic acids is 2. The van der Waals surface area contributed by atoms with Crippen molar-refractivity contribution in [3.05, 3.63) is 70.2 Å². The summed E-state index contributed by atoms with van der Waals surface area (Å²) in [5.41, 5.74) is 2.71. The zero-order valence-corrected chi connectivity index (χ0v) is 18.7. The average molecular weight is 448 g/mol. The number of halogens is 1. The second-order valence-electron chi connectivity index (χ2n) is 8.10. The number of hydrogen-bond donors (Lipinski definition) is 3. The number of rotatable bonds is 5. The summed E-state index contributed by atoms with van der Waals surface area (Å²) in [7, 11) is 4.17. The number of aryl methyl sites for hydroxylation is 1. The molecule has 0 aliphatic heterocycles. The van der Waals surface area contributed by atoms with Gasteiger partial charge in [-0.2, -0.15) is 0 Å². The molecule has 2 atom stereocenters. The first kappa shape index (κ1) is 24.9. The minimum atomic E-state index is -1.82. The maximum Gasteiger partial charge on any atom is 0.414 e. The number of aliphatic hydroxyl groups is 1. The molecule has 0 unspecified atom stereocenters. The normalized spacial score (nSPS) is 20.2. The van der Waals surface area contributed by atoms with Crippen molar-refractivity contribution >= 4 is 23.5 Å². The van der Waals surface area contributed by atoms with Gasteiger partial charge in [0.1, 0.15) is 0 Å². The van der Waals surface area contributed by atoms with E-state index in [1.54, 1.807) is 0 Å². The predicted molar refractivity (Wildman–Crippen MR) is 121 cm³/mol. The molecule has 0 radical (unpaired) electrons. The van der Waals surface area contributed by atoms with Gasteiger partial charge >= 0.3 is 11.9 Å². The van der Waals surface area contributed by atoms with Gasteiger partial charge in [0.2, 0.25) is 0 Å². The lowest BCUT2D eigenvalue weighted by molar-refractivity contribution is -0.159. The molecule has 7 heteroatoms. The van der Waals surface area contributed by atoms with E-state index in [1.807, 2.05) is 18.2 Å². The Labute approximate surface area is 188 Å². The van der Waals surface area contributed by atoms with Gasteiger partial charge in [0, 0.05) is 10.9 Å². The van der Waals surface area contributed by atoms with Crippen molar-refractivity contribution in [2.45, 2.75) is 43.6 Å². The highest BCUT2D eigenvalue weighted by molar-refractivity contribution is 6.30. The van der Waals surface area contributed by atoms with Crippen molar-refractivity contribution in [1.82, 2.24) is 4.90 Å². The summed E-state index contributed by atoms with van der Waals surface area (Å²) >= 11 is 6.26. The van der Waals surface area contributed by atoms with Gasteiger partial charge in [-0.3, -0.25) is 0 Å². The first-order valence-electron chi connectivity index (χ1n) is 10.3. The van der Waals surface area contributed by atoms with Gasteiger partial charge in [-0.15, -0.1) is 0 Å². The van der Waals surface area contributed by atoms with Gasteiger partial charge in [0.25, 0.3) is 0 Å². The Morgan fingerprint density at radius 2 is 1.77 bits per heavy atom. The van der Waals surface area contributed by atoms with Gasteiger partial charge in [0.05, 0.1) is 5.60 Å². The molecule has 0 heterocycles. The maximum atomic E-state index is 12.0. The zero-order valence-electron chi connectivity index (χ0n) is 17.9. The van der Waals surface area contributed by atoms with Crippen LogP contribution in [-0.2, 0) is 21.6 Å².